The molecule has 0 radical (unpaired) electrons. The highest BCUT2D eigenvalue weighted by molar-refractivity contribution is 5.81. The van der Waals surface area contributed by atoms with Crippen LogP contribution in [0.15, 0.2) is 18.2 Å². The Morgan fingerprint density at radius 1 is 1.04 bits per heavy atom. The highest BCUT2D eigenvalue weighted by Crippen LogP contribution is 2.36. The molecule has 0 aliphatic heterocycles. The molecular formula is C15H18F6N2O. The lowest BCUT2D eigenvalue weighted by Crippen LogP contribution is -2.41. The Bertz CT molecular complexity index is 548. The Balaban J connectivity index is 2.97. The summed E-state index contributed by atoms with van der Waals surface area (Å²) in [5.41, 5.74) is 2.46. The van der Waals surface area contributed by atoms with Gasteiger partial charge >= 0.3 is 12.4 Å². The summed E-state index contributed by atoms with van der Waals surface area (Å²) in [5.74, 6) is -0.509. The molecule has 9 heteroatoms. The van der Waals surface area contributed by atoms with Crippen LogP contribution in [0, 0.1) is 5.92 Å². The second kappa shape index (κ2) is 7.42. The molecule has 0 bridgehead atoms. The molecule has 0 heterocycles. The molecule has 1 rings (SSSR count). The predicted octanol–water partition coefficient (Wildman–Crippen LogP) is 3.71. The van der Waals surface area contributed by atoms with Crippen LogP contribution in [0.4, 0.5) is 26.3 Å². The number of nitrogens with one attached hydrogen (secondary N) is 1. The normalized spacial score (nSPS) is 13.9. The average Bonchev–Trinajstić information content (AvgIpc) is 2.41. The standard InChI is InChI=1S/C15H18F6N2O/c1-8(2)3-12(22)13(24)23-7-9-4-10(14(16,17)18)6-11(5-9)15(19,20)21/h4-6,8,12H,3,7,22H2,1-2H3,(H,23,24). The minimum atomic E-state index is -4.92. The Kier molecular flexibility index (Phi) is 6.26. The Morgan fingerprint density at radius 2 is 1.50 bits per heavy atom. The number of carbonyl (C=O) groups excluding carboxylic acids is 1. The molecule has 136 valence electrons. The molecule has 1 amide bonds. The van der Waals surface area contributed by atoms with E-state index in [0.29, 0.717) is 18.6 Å². The van der Waals surface area contributed by atoms with E-state index < -0.39 is 42.0 Å². The van der Waals surface area contributed by atoms with Crippen LogP contribution in [0.5, 0.6) is 0 Å². The summed E-state index contributed by atoms with van der Waals surface area (Å²) in [6.45, 7) is 3.18. The van der Waals surface area contributed by atoms with Crippen LogP contribution in [0.1, 0.15) is 37.0 Å². The van der Waals surface area contributed by atoms with Crippen molar-refractivity contribution in [2.75, 3.05) is 0 Å². The zero-order valence-corrected chi connectivity index (χ0v) is 13.1. The fourth-order valence-corrected chi connectivity index (χ4v) is 2.06. The zero-order chi connectivity index (χ0) is 18.7. The Hall–Kier alpha value is -1.77. The van der Waals surface area contributed by atoms with Crippen molar-refractivity contribution in [2.45, 2.75) is 45.2 Å². The van der Waals surface area contributed by atoms with E-state index in [-0.39, 0.29) is 17.5 Å². The number of alkyl halides is 6. The molecule has 3 nitrogen and oxygen atoms in total. The molecular weight excluding hydrogens is 338 g/mol. The van der Waals surface area contributed by atoms with Gasteiger partial charge in [-0.05, 0) is 36.1 Å². The number of nitrogens with two attached hydrogens (primary N) is 1. The quantitative estimate of drug-likeness (QED) is 0.790. The summed E-state index contributed by atoms with van der Waals surface area (Å²) in [6.07, 6.45) is -9.50. The molecule has 0 aliphatic rings. The molecule has 1 unspecified atom stereocenters. The second-order valence-corrected chi connectivity index (χ2v) is 5.87. The van der Waals surface area contributed by atoms with Crippen molar-refractivity contribution >= 4 is 5.91 Å². The van der Waals surface area contributed by atoms with E-state index in [2.05, 4.69) is 5.32 Å². The molecule has 0 fully saturated rings. The third-order valence-electron chi connectivity index (χ3n) is 3.18. The van der Waals surface area contributed by atoms with Gasteiger partial charge in [-0.3, -0.25) is 4.79 Å². The third-order valence-corrected chi connectivity index (χ3v) is 3.18. The highest BCUT2D eigenvalue weighted by atomic mass is 19.4. The number of benzene rings is 1. The summed E-state index contributed by atoms with van der Waals surface area (Å²) < 4.78 is 76.4. The largest absolute Gasteiger partial charge is 0.416 e. The first-order valence-corrected chi connectivity index (χ1v) is 7.12. The number of amides is 1. The van der Waals surface area contributed by atoms with Crippen LogP contribution in [-0.4, -0.2) is 11.9 Å². The Labute approximate surface area is 135 Å². The SMILES string of the molecule is CC(C)CC(N)C(=O)NCc1cc(C(F)(F)F)cc(C(F)(F)F)c1. The van der Waals surface area contributed by atoms with E-state index in [9.17, 15) is 31.1 Å². The van der Waals surface area contributed by atoms with E-state index in [1.54, 1.807) is 0 Å². The lowest BCUT2D eigenvalue weighted by Gasteiger charge is -2.16. The number of hydrogen-bond donors (Lipinski definition) is 2. The van der Waals surface area contributed by atoms with E-state index in [0.717, 1.165) is 0 Å². The third kappa shape index (κ3) is 6.03. The van der Waals surface area contributed by atoms with Gasteiger partial charge in [-0.1, -0.05) is 13.8 Å². The number of rotatable bonds is 5. The summed E-state index contributed by atoms with van der Waals surface area (Å²) in [7, 11) is 0. The first kappa shape index (κ1) is 20.3. The summed E-state index contributed by atoms with van der Waals surface area (Å²) in [6, 6.07) is 0.306. The van der Waals surface area contributed by atoms with Gasteiger partial charge in [0.25, 0.3) is 0 Å². The van der Waals surface area contributed by atoms with Gasteiger partial charge in [0, 0.05) is 6.54 Å². The van der Waals surface area contributed by atoms with E-state index in [1.807, 2.05) is 13.8 Å². The number of halogens is 6. The fourth-order valence-electron chi connectivity index (χ4n) is 2.06. The van der Waals surface area contributed by atoms with Crippen molar-refractivity contribution in [1.29, 1.82) is 0 Å². The van der Waals surface area contributed by atoms with Gasteiger partial charge in [0.2, 0.25) is 5.91 Å². The van der Waals surface area contributed by atoms with Crippen LogP contribution in [-0.2, 0) is 23.7 Å². The molecule has 0 aliphatic carbocycles. The van der Waals surface area contributed by atoms with Crippen LogP contribution in [0.25, 0.3) is 0 Å². The van der Waals surface area contributed by atoms with Gasteiger partial charge in [0.05, 0.1) is 17.2 Å². The van der Waals surface area contributed by atoms with Crippen LogP contribution in [0.3, 0.4) is 0 Å². The monoisotopic (exact) mass is 356 g/mol. The smallest absolute Gasteiger partial charge is 0.351 e. The van der Waals surface area contributed by atoms with Crippen molar-refractivity contribution < 1.29 is 31.1 Å². The summed E-state index contributed by atoms with van der Waals surface area (Å²) in [5, 5.41) is 2.26. The van der Waals surface area contributed by atoms with E-state index in [1.165, 1.54) is 0 Å². The Morgan fingerprint density at radius 3 is 1.88 bits per heavy atom. The molecule has 1 aromatic rings. The maximum Gasteiger partial charge on any atom is 0.416 e. The molecule has 0 saturated heterocycles. The van der Waals surface area contributed by atoms with Crippen molar-refractivity contribution in [2.24, 2.45) is 11.7 Å². The van der Waals surface area contributed by atoms with Crippen molar-refractivity contribution in [3.8, 4) is 0 Å². The molecule has 0 saturated carbocycles. The van der Waals surface area contributed by atoms with Gasteiger partial charge in [0.15, 0.2) is 0 Å². The molecule has 0 spiro atoms. The maximum atomic E-state index is 12.7. The lowest BCUT2D eigenvalue weighted by atomic mass is 10.0. The van der Waals surface area contributed by atoms with Crippen molar-refractivity contribution in [1.82, 2.24) is 5.32 Å². The van der Waals surface area contributed by atoms with Crippen molar-refractivity contribution in [3.05, 3.63) is 34.9 Å². The van der Waals surface area contributed by atoms with Crippen LogP contribution >= 0.6 is 0 Å². The summed E-state index contributed by atoms with van der Waals surface area (Å²) in [4.78, 5) is 11.7. The highest BCUT2D eigenvalue weighted by Gasteiger charge is 2.36. The van der Waals surface area contributed by atoms with Gasteiger partial charge in [-0.25, -0.2) is 0 Å². The first-order chi connectivity index (χ1) is 10.8. The van der Waals surface area contributed by atoms with Gasteiger partial charge in [-0.15, -0.1) is 0 Å². The lowest BCUT2D eigenvalue weighted by molar-refractivity contribution is -0.143. The van der Waals surface area contributed by atoms with Crippen molar-refractivity contribution in [3.63, 3.8) is 0 Å². The average molecular weight is 356 g/mol. The first-order valence-electron chi connectivity index (χ1n) is 7.12. The predicted molar refractivity (Wildman–Crippen MR) is 75.7 cm³/mol. The minimum Gasteiger partial charge on any atom is -0.351 e. The molecule has 24 heavy (non-hydrogen) atoms. The van der Waals surface area contributed by atoms with Gasteiger partial charge in [-0.2, -0.15) is 26.3 Å². The molecule has 3 N–H and O–H groups in total. The van der Waals surface area contributed by atoms with E-state index >= 15 is 0 Å². The molecule has 1 aromatic carbocycles. The molecule has 0 aromatic heterocycles. The molecule has 1 atom stereocenters. The number of carbonyl (C=O) groups is 1. The van der Waals surface area contributed by atoms with Gasteiger partial charge < -0.3 is 11.1 Å². The topological polar surface area (TPSA) is 55.1 Å². The minimum absolute atomic E-state index is 0.0375. The van der Waals surface area contributed by atoms with E-state index in [4.69, 9.17) is 5.73 Å². The second-order valence-electron chi connectivity index (χ2n) is 5.87. The van der Waals surface area contributed by atoms with Crippen LogP contribution in [0.2, 0.25) is 0 Å². The zero-order valence-electron chi connectivity index (χ0n) is 13.1. The van der Waals surface area contributed by atoms with Crippen LogP contribution < -0.4 is 11.1 Å². The maximum absolute atomic E-state index is 12.7. The number of hydrogen-bond acceptors (Lipinski definition) is 2. The van der Waals surface area contributed by atoms with Gasteiger partial charge in [0.1, 0.15) is 0 Å². The summed E-state index contributed by atoms with van der Waals surface area (Å²) >= 11 is 0. The fraction of sp³-hybridized carbons (Fsp3) is 0.533.